The highest BCUT2D eigenvalue weighted by atomic mass is 32.1. The maximum atomic E-state index is 5.56. The number of aromatic nitrogens is 1. The largest absolute Gasteiger partial charge is 0.378 e. The third kappa shape index (κ3) is 3.77. The van der Waals surface area contributed by atoms with E-state index in [1.165, 1.54) is 10.7 Å². The summed E-state index contributed by atoms with van der Waals surface area (Å²) in [7, 11) is 0. The van der Waals surface area contributed by atoms with Crippen LogP contribution in [0.5, 0.6) is 0 Å². The summed E-state index contributed by atoms with van der Waals surface area (Å²) in [5, 5.41) is 6.98. The second kappa shape index (κ2) is 5.68. The molecule has 2 heterocycles. The van der Waals surface area contributed by atoms with E-state index in [0.29, 0.717) is 12.1 Å². The highest BCUT2D eigenvalue weighted by molar-refractivity contribution is 7.09. The van der Waals surface area contributed by atoms with Crippen LogP contribution in [0.25, 0.3) is 0 Å². The summed E-state index contributed by atoms with van der Waals surface area (Å²) in [6.07, 6.45) is 2.61. The maximum absolute atomic E-state index is 5.56. The molecule has 4 heteroatoms. The van der Waals surface area contributed by atoms with Crippen LogP contribution in [-0.2, 0) is 16.7 Å². The first-order valence-corrected chi connectivity index (χ1v) is 7.63. The number of nitrogens with zero attached hydrogens (tertiary/aromatic N) is 1. The zero-order valence-electron chi connectivity index (χ0n) is 11.8. The maximum Gasteiger partial charge on any atom is 0.107 e. The van der Waals surface area contributed by atoms with Crippen LogP contribution in [0.4, 0.5) is 0 Å². The van der Waals surface area contributed by atoms with Gasteiger partial charge in [-0.3, -0.25) is 0 Å². The number of hydrogen-bond acceptors (Lipinski definition) is 4. The third-order valence-corrected chi connectivity index (χ3v) is 4.20. The van der Waals surface area contributed by atoms with E-state index < -0.39 is 0 Å². The first-order chi connectivity index (χ1) is 8.45. The van der Waals surface area contributed by atoms with Gasteiger partial charge >= 0.3 is 0 Å². The normalized spacial score (nSPS) is 25.3. The fraction of sp³-hybridized carbons (Fsp3) is 0.786. The summed E-state index contributed by atoms with van der Waals surface area (Å²) in [5.41, 5.74) is 1.35. The van der Waals surface area contributed by atoms with Crippen LogP contribution in [0.1, 0.15) is 51.2 Å². The second-order valence-corrected chi connectivity index (χ2v) is 7.10. The molecular formula is C14H24N2OS. The van der Waals surface area contributed by atoms with Gasteiger partial charge in [0.1, 0.15) is 5.01 Å². The van der Waals surface area contributed by atoms with Crippen LogP contribution >= 0.6 is 11.3 Å². The van der Waals surface area contributed by atoms with Gasteiger partial charge in [-0.2, -0.15) is 0 Å². The molecule has 1 fully saturated rings. The lowest BCUT2D eigenvalue weighted by Gasteiger charge is -2.27. The van der Waals surface area contributed by atoms with Gasteiger partial charge in [0, 0.05) is 30.0 Å². The predicted molar refractivity (Wildman–Crippen MR) is 76.1 cm³/mol. The van der Waals surface area contributed by atoms with Gasteiger partial charge < -0.3 is 10.1 Å². The zero-order valence-corrected chi connectivity index (χ0v) is 12.6. The molecule has 2 unspecified atom stereocenters. The highest BCUT2D eigenvalue weighted by Crippen LogP contribution is 2.24. The first kappa shape index (κ1) is 14.0. The Morgan fingerprint density at radius 1 is 1.50 bits per heavy atom. The topological polar surface area (TPSA) is 34.2 Å². The fourth-order valence-corrected chi connectivity index (χ4v) is 3.12. The molecule has 2 rings (SSSR count). The molecule has 0 amide bonds. The number of thiazole rings is 1. The fourth-order valence-electron chi connectivity index (χ4n) is 2.15. The molecule has 1 N–H and O–H groups in total. The van der Waals surface area contributed by atoms with Crippen molar-refractivity contribution >= 4 is 11.3 Å². The lowest BCUT2D eigenvalue weighted by molar-refractivity contribution is 0.0130. The molecule has 0 bridgehead atoms. The van der Waals surface area contributed by atoms with Crippen molar-refractivity contribution in [1.29, 1.82) is 0 Å². The summed E-state index contributed by atoms with van der Waals surface area (Å²) in [4.78, 5) is 4.71. The van der Waals surface area contributed by atoms with E-state index >= 15 is 0 Å². The van der Waals surface area contributed by atoms with Crippen molar-refractivity contribution in [2.24, 2.45) is 0 Å². The van der Waals surface area contributed by atoms with Crippen molar-refractivity contribution < 1.29 is 4.74 Å². The highest BCUT2D eigenvalue weighted by Gasteiger charge is 2.20. The van der Waals surface area contributed by atoms with E-state index in [-0.39, 0.29) is 5.41 Å². The smallest absolute Gasteiger partial charge is 0.107 e. The molecule has 1 saturated heterocycles. The lowest BCUT2D eigenvalue weighted by Crippen LogP contribution is -2.37. The number of rotatable bonds is 3. The van der Waals surface area contributed by atoms with Gasteiger partial charge in [-0.05, 0) is 19.8 Å². The second-order valence-electron chi connectivity index (χ2n) is 6.16. The van der Waals surface area contributed by atoms with Crippen LogP contribution in [0.15, 0.2) is 5.38 Å². The van der Waals surface area contributed by atoms with Gasteiger partial charge in [-0.15, -0.1) is 11.3 Å². The number of hydrogen-bond donors (Lipinski definition) is 1. The quantitative estimate of drug-likeness (QED) is 0.914. The molecular weight excluding hydrogens is 244 g/mol. The first-order valence-electron chi connectivity index (χ1n) is 6.75. The molecule has 1 aliphatic heterocycles. The average Bonchev–Trinajstić information content (AvgIpc) is 2.74. The predicted octanol–water partition coefficient (Wildman–Crippen LogP) is 3.10. The average molecular weight is 268 g/mol. The van der Waals surface area contributed by atoms with Crippen molar-refractivity contribution in [3.8, 4) is 0 Å². The molecule has 1 aromatic heterocycles. The van der Waals surface area contributed by atoms with E-state index in [1.54, 1.807) is 11.3 Å². The standard InChI is InChI=1S/C14H24N2OS/c1-10-7-11(5-6-17-10)15-8-13-16-12(9-18-13)14(2,3)4/h9-11,15H,5-8H2,1-4H3. The Balaban J connectivity index is 1.85. The molecule has 0 aromatic carbocycles. The molecule has 0 radical (unpaired) electrons. The molecule has 0 saturated carbocycles. The molecule has 3 nitrogen and oxygen atoms in total. The molecule has 18 heavy (non-hydrogen) atoms. The molecule has 0 aliphatic carbocycles. The Morgan fingerprint density at radius 3 is 2.89 bits per heavy atom. The van der Waals surface area contributed by atoms with Crippen molar-refractivity contribution in [3.05, 3.63) is 16.1 Å². The van der Waals surface area contributed by atoms with E-state index in [4.69, 9.17) is 9.72 Å². The summed E-state index contributed by atoms with van der Waals surface area (Å²) >= 11 is 1.76. The molecule has 102 valence electrons. The summed E-state index contributed by atoms with van der Waals surface area (Å²) in [6, 6.07) is 0.579. The van der Waals surface area contributed by atoms with E-state index in [0.717, 1.165) is 26.0 Å². The molecule has 1 aromatic rings. The third-order valence-electron chi connectivity index (χ3n) is 3.35. The van der Waals surface area contributed by atoms with Crippen molar-refractivity contribution in [2.45, 2.75) is 64.6 Å². The summed E-state index contributed by atoms with van der Waals surface area (Å²) in [6.45, 7) is 10.5. The minimum absolute atomic E-state index is 0.155. The SMILES string of the molecule is CC1CC(NCc2nc(C(C)(C)C)cs2)CCO1. The summed E-state index contributed by atoms with van der Waals surface area (Å²) in [5.74, 6) is 0. The summed E-state index contributed by atoms with van der Waals surface area (Å²) < 4.78 is 5.56. The lowest BCUT2D eigenvalue weighted by atomic mass is 9.93. The Hall–Kier alpha value is -0.450. The van der Waals surface area contributed by atoms with Gasteiger partial charge in [0.25, 0.3) is 0 Å². The number of nitrogens with one attached hydrogen (secondary N) is 1. The Morgan fingerprint density at radius 2 is 2.28 bits per heavy atom. The van der Waals surface area contributed by atoms with Gasteiger partial charge in [-0.25, -0.2) is 4.98 Å². The van der Waals surface area contributed by atoms with E-state index in [1.807, 2.05) is 0 Å². The monoisotopic (exact) mass is 268 g/mol. The number of ether oxygens (including phenoxy) is 1. The van der Waals surface area contributed by atoms with E-state index in [2.05, 4.69) is 38.4 Å². The zero-order chi connectivity index (χ0) is 13.2. The molecule has 1 aliphatic rings. The van der Waals surface area contributed by atoms with Crippen molar-refractivity contribution in [1.82, 2.24) is 10.3 Å². The van der Waals surface area contributed by atoms with Crippen LogP contribution in [0.2, 0.25) is 0 Å². The van der Waals surface area contributed by atoms with Crippen LogP contribution in [0, 0.1) is 0 Å². The van der Waals surface area contributed by atoms with Gasteiger partial charge in [0.15, 0.2) is 0 Å². The van der Waals surface area contributed by atoms with Gasteiger partial charge in [0.05, 0.1) is 11.8 Å². The Kier molecular flexibility index (Phi) is 4.41. The van der Waals surface area contributed by atoms with Crippen molar-refractivity contribution in [3.63, 3.8) is 0 Å². The van der Waals surface area contributed by atoms with Crippen LogP contribution in [-0.4, -0.2) is 23.7 Å². The Bertz CT molecular complexity index is 383. The van der Waals surface area contributed by atoms with Gasteiger partial charge in [-0.1, -0.05) is 20.8 Å². The minimum Gasteiger partial charge on any atom is -0.378 e. The minimum atomic E-state index is 0.155. The Labute approximate surface area is 114 Å². The van der Waals surface area contributed by atoms with Crippen molar-refractivity contribution in [2.75, 3.05) is 6.61 Å². The molecule has 0 spiro atoms. The van der Waals surface area contributed by atoms with Crippen LogP contribution in [0.3, 0.4) is 0 Å². The molecule has 2 atom stereocenters. The van der Waals surface area contributed by atoms with Crippen LogP contribution < -0.4 is 5.32 Å². The van der Waals surface area contributed by atoms with E-state index in [9.17, 15) is 0 Å². The van der Waals surface area contributed by atoms with Gasteiger partial charge in [0.2, 0.25) is 0 Å².